The van der Waals surface area contributed by atoms with E-state index < -0.39 is 0 Å². The fraction of sp³-hybridized carbons (Fsp3) is 0.500. The molecule has 3 rings (SSSR count). The molecule has 2 unspecified atom stereocenters. The molecule has 0 spiro atoms. The maximum absolute atomic E-state index is 6.08. The highest BCUT2D eigenvalue weighted by molar-refractivity contribution is 5.82. The molecule has 2 aromatic rings. The molecule has 19 heavy (non-hydrogen) atoms. The van der Waals surface area contributed by atoms with Crippen LogP contribution in [0, 0.1) is 6.92 Å². The number of furan rings is 1. The normalized spacial score (nSPS) is 22.2. The van der Waals surface area contributed by atoms with Crippen molar-refractivity contribution in [2.45, 2.75) is 38.8 Å². The first-order valence-electron chi connectivity index (χ1n) is 7.16. The predicted octanol–water partition coefficient (Wildman–Crippen LogP) is 3.23. The van der Waals surface area contributed by atoms with Crippen molar-refractivity contribution in [2.24, 2.45) is 5.73 Å². The van der Waals surface area contributed by atoms with Gasteiger partial charge in [-0.15, -0.1) is 0 Å². The van der Waals surface area contributed by atoms with E-state index in [1.54, 1.807) is 0 Å². The molecule has 0 radical (unpaired) electrons. The number of aryl methyl sites for hydroxylation is 1. The second kappa shape index (κ2) is 4.99. The molecule has 2 heterocycles. The first kappa shape index (κ1) is 12.7. The van der Waals surface area contributed by atoms with E-state index >= 15 is 0 Å². The lowest BCUT2D eigenvalue weighted by Gasteiger charge is -2.30. The Morgan fingerprint density at radius 1 is 1.42 bits per heavy atom. The third-order valence-electron chi connectivity index (χ3n) is 4.38. The topological polar surface area (TPSA) is 42.4 Å². The Kier molecular flexibility index (Phi) is 3.33. The van der Waals surface area contributed by atoms with Crippen LogP contribution in [0.3, 0.4) is 0 Å². The predicted molar refractivity (Wildman–Crippen MR) is 78.1 cm³/mol. The molecule has 0 amide bonds. The Labute approximate surface area is 114 Å². The number of benzene rings is 1. The van der Waals surface area contributed by atoms with Crippen LogP contribution in [0.25, 0.3) is 11.0 Å². The van der Waals surface area contributed by atoms with Gasteiger partial charge in [0.05, 0.1) is 6.04 Å². The van der Waals surface area contributed by atoms with Gasteiger partial charge in [-0.1, -0.05) is 18.2 Å². The average Bonchev–Trinajstić information content (AvgIpc) is 2.96. The zero-order valence-electron chi connectivity index (χ0n) is 11.7. The van der Waals surface area contributed by atoms with E-state index in [1.165, 1.54) is 23.8 Å². The Balaban J connectivity index is 2.08. The second-order valence-electron chi connectivity index (χ2n) is 5.55. The molecule has 1 aromatic carbocycles. The van der Waals surface area contributed by atoms with Crippen LogP contribution in [-0.4, -0.2) is 24.0 Å². The van der Waals surface area contributed by atoms with Crippen LogP contribution >= 0.6 is 0 Å². The standard InChI is InChI=1S/C16H22N2O/c1-11-6-5-9-18(11)14(10-17)16-12(2)19-15-8-4-3-7-13(15)16/h3-4,7-8,11,14H,5-6,9-10,17H2,1-2H3. The van der Waals surface area contributed by atoms with Crippen LogP contribution in [0.5, 0.6) is 0 Å². The molecule has 1 aliphatic rings. The molecule has 102 valence electrons. The summed E-state index contributed by atoms with van der Waals surface area (Å²) < 4.78 is 5.89. The molecule has 2 N–H and O–H groups in total. The minimum absolute atomic E-state index is 0.279. The molecule has 1 aliphatic heterocycles. The van der Waals surface area contributed by atoms with Gasteiger partial charge < -0.3 is 10.2 Å². The molecule has 1 saturated heterocycles. The lowest BCUT2D eigenvalue weighted by atomic mass is 10.0. The minimum Gasteiger partial charge on any atom is -0.461 e. The maximum atomic E-state index is 6.08. The van der Waals surface area contributed by atoms with Crippen LogP contribution in [-0.2, 0) is 0 Å². The molecular weight excluding hydrogens is 236 g/mol. The first-order valence-corrected chi connectivity index (χ1v) is 7.16. The summed E-state index contributed by atoms with van der Waals surface area (Å²) in [5.41, 5.74) is 8.34. The van der Waals surface area contributed by atoms with E-state index in [0.717, 1.165) is 17.9 Å². The van der Waals surface area contributed by atoms with Gasteiger partial charge in [-0.3, -0.25) is 4.90 Å². The Bertz CT molecular complexity index is 575. The van der Waals surface area contributed by atoms with Gasteiger partial charge >= 0.3 is 0 Å². The van der Waals surface area contributed by atoms with E-state index in [9.17, 15) is 0 Å². The largest absolute Gasteiger partial charge is 0.461 e. The summed E-state index contributed by atoms with van der Waals surface area (Å²) in [5, 5.41) is 1.22. The molecule has 1 fully saturated rings. The van der Waals surface area contributed by atoms with Crippen LogP contribution in [0.1, 0.15) is 37.1 Å². The van der Waals surface area contributed by atoms with Gasteiger partial charge in [0, 0.05) is 23.5 Å². The number of nitrogens with two attached hydrogens (primary N) is 1. The lowest BCUT2D eigenvalue weighted by Crippen LogP contribution is -2.36. The average molecular weight is 258 g/mol. The number of rotatable bonds is 3. The zero-order chi connectivity index (χ0) is 13.4. The molecule has 3 nitrogen and oxygen atoms in total. The summed E-state index contributed by atoms with van der Waals surface area (Å²) in [6.45, 7) is 6.14. The summed E-state index contributed by atoms with van der Waals surface area (Å²) >= 11 is 0. The fourth-order valence-corrected chi connectivity index (χ4v) is 3.44. The van der Waals surface area contributed by atoms with Gasteiger partial charge in [0.15, 0.2) is 0 Å². The van der Waals surface area contributed by atoms with Gasteiger partial charge in [-0.25, -0.2) is 0 Å². The Morgan fingerprint density at radius 2 is 2.21 bits per heavy atom. The third kappa shape index (κ3) is 2.07. The number of para-hydroxylation sites is 1. The summed E-state index contributed by atoms with van der Waals surface area (Å²) in [6, 6.07) is 9.16. The molecule has 0 aliphatic carbocycles. The van der Waals surface area contributed by atoms with Crippen molar-refractivity contribution in [2.75, 3.05) is 13.1 Å². The van der Waals surface area contributed by atoms with Crippen LogP contribution in [0.15, 0.2) is 28.7 Å². The number of likely N-dealkylation sites (tertiary alicyclic amines) is 1. The molecule has 2 atom stereocenters. The highest BCUT2D eigenvalue weighted by atomic mass is 16.3. The summed E-state index contributed by atoms with van der Waals surface area (Å²) in [7, 11) is 0. The molecule has 3 heteroatoms. The minimum atomic E-state index is 0.279. The highest BCUT2D eigenvalue weighted by Gasteiger charge is 2.31. The van der Waals surface area contributed by atoms with E-state index in [-0.39, 0.29) is 6.04 Å². The smallest absolute Gasteiger partial charge is 0.134 e. The van der Waals surface area contributed by atoms with Crippen molar-refractivity contribution < 1.29 is 4.42 Å². The molecular formula is C16H22N2O. The quantitative estimate of drug-likeness (QED) is 0.919. The monoisotopic (exact) mass is 258 g/mol. The van der Waals surface area contributed by atoms with Gasteiger partial charge in [0.1, 0.15) is 11.3 Å². The third-order valence-corrected chi connectivity index (χ3v) is 4.38. The van der Waals surface area contributed by atoms with Crippen molar-refractivity contribution in [3.05, 3.63) is 35.6 Å². The highest BCUT2D eigenvalue weighted by Crippen LogP contribution is 2.36. The van der Waals surface area contributed by atoms with Crippen LogP contribution in [0.4, 0.5) is 0 Å². The number of nitrogens with zero attached hydrogens (tertiary/aromatic N) is 1. The second-order valence-corrected chi connectivity index (χ2v) is 5.55. The Hall–Kier alpha value is -1.32. The van der Waals surface area contributed by atoms with Gasteiger partial charge in [-0.05, 0) is 39.3 Å². The van der Waals surface area contributed by atoms with Crippen molar-refractivity contribution >= 4 is 11.0 Å². The number of hydrogen-bond acceptors (Lipinski definition) is 3. The maximum Gasteiger partial charge on any atom is 0.134 e. The van der Waals surface area contributed by atoms with Gasteiger partial charge in [-0.2, -0.15) is 0 Å². The van der Waals surface area contributed by atoms with Gasteiger partial charge in [0.2, 0.25) is 0 Å². The zero-order valence-corrected chi connectivity index (χ0v) is 11.7. The first-order chi connectivity index (χ1) is 9.22. The van der Waals surface area contributed by atoms with E-state index in [2.05, 4.69) is 30.9 Å². The van der Waals surface area contributed by atoms with Crippen molar-refractivity contribution in [1.29, 1.82) is 0 Å². The molecule has 0 bridgehead atoms. The SMILES string of the molecule is Cc1oc2ccccc2c1C(CN)N1CCCC1C. The fourth-order valence-electron chi connectivity index (χ4n) is 3.44. The number of hydrogen-bond donors (Lipinski definition) is 1. The van der Waals surface area contributed by atoms with Crippen LogP contribution < -0.4 is 5.73 Å². The van der Waals surface area contributed by atoms with Crippen molar-refractivity contribution in [3.8, 4) is 0 Å². The lowest BCUT2D eigenvalue weighted by molar-refractivity contribution is 0.195. The Morgan fingerprint density at radius 3 is 2.89 bits per heavy atom. The van der Waals surface area contributed by atoms with Crippen LogP contribution in [0.2, 0.25) is 0 Å². The van der Waals surface area contributed by atoms with E-state index in [1.807, 2.05) is 12.1 Å². The van der Waals surface area contributed by atoms with Crippen molar-refractivity contribution in [3.63, 3.8) is 0 Å². The van der Waals surface area contributed by atoms with E-state index in [0.29, 0.717) is 12.6 Å². The molecule has 1 aromatic heterocycles. The molecule has 0 saturated carbocycles. The van der Waals surface area contributed by atoms with Crippen molar-refractivity contribution in [1.82, 2.24) is 4.90 Å². The summed E-state index contributed by atoms with van der Waals surface area (Å²) in [4.78, 5) is 2.53. The van der Waals surface area contributed by atoms with E-state index in [4.69, 9.17) is 10.2 Å². The number of fused-ring (bicyclic) bond motifs is 1. The van der Waals surface area contributed by atoms with Gasteiger partial charge in [0.25, 0.3) is 0 Å². The summed E-state index contributed by atoms with van der Waals surface area (Å²) in [6.07, 6.45) is 2.54. The summed E-state index contributed by atoms with van der Waals surface area (Å²) in [5.74, 6) is 1.01.